The minimum absolute atomic E-state index is 0. The number of nitrogens with zero attached hydrogens (tertiary/aromatic N) is 1. The van der Waals surface area contributed by atoms with Crippen LogP contribution in [0.1, 0.15) is 25.3 Å². The molecule has 1 aromatic heterocycles. The van der Waals surface area contributed by atoms with E-state index in [1.165, 1.54) is 0 Å². The van der Waals surface area contributed by atoms with Crippen LogP contribution in [0.2, 0.25) is 0 Å². The normalized spacial score (nSPS) is 16.7. The van der Waals surface area contributed by atoms with E-state index in [9.17, 15) is 13.6 Å². The molecule has 0 saturated carbocycles. The monoisotopic (exact) mass is 463 g/mol. The van der Waals surface area contributed by atoms with Crippen molar-refractivity contribution < 1.29 is 23.0 Å². The zero-order chi connectivity index (χ0) is 20.0. The smallest absolute Gasteiger partial charge is 0.262 e. The zero-order valence-electron chi connectivity index (χ0n) is 16.4. The second-order valence-corrected chi connectivity index (χ2v) is 6.58. The van der Waals surface area contributed by atoms with Gasteiger partial charge in [-0.05, 0) is 24.6 Å². The number of carbonyl (C=O) groups excluding carboxylic acids is 1. The van der Waals surface area contributed by atoms with Gasteiger partial charge in [-0.1, -0.05) is 25.1 Å². The maximum atomic E-state index is 13.3. The molecule has 1 amide bonds. The van der Waals surface area contributed by atoms with E-state index >= 15 is 0 Å². The average Bonchev–Trinajstić information content (AvgIpc) is 3.06. The third kappa shape index (κ3) is 6.97. The van der Waals surface area contributed by atoms with Crippen LogP contribution in [-0.4, -0.2) is 36.0 Å². The Morgan fingerprint density at radius 1 is 1.23 bits per heavy atom. The topological polar surface area (TPSA) is 72.5 Å². The maximum absolute atomic E-state index is 13.3. The van der Waals surface area contributed by atoms with Crippen LogP contribution in [0, 0.1) is 0 Å². The van der Waals surface area contributed by atoms with Crippen LogP contribution in [0.5, 0.6) is 17.4 Å². The van der Waals surface area contributed by atoms with Gasteiger partial charge in [-0.2, -0.15) is 0 Å². The second-order valence-electron chi connectivity index (χ2n) is 6.58. The van der Waals surface area contributed by atoms with E-state index in [4.69, 9.17) is 9.47 Å². The summed E-state index contributed by atoms with van der Waals surface area (Å²) in [5.41, 5.74) is 0.630. The molecule has 0 radical (unpaired) electrons. The molecule has 2 aromatic rings. The van der Waals surface area contributed by atoms with Gasteiger partial charge in [0, 0.05) is 24.7 Å². The van der Waals surface area contributed by atoms with Crippen LogP contribution in [0.25, 0.3) is 0 Å². The lowest BCUT2D eigenvalue weighted by molar-refractivity contribution is -0.123. The van der Waals surface area contributed by atoms with Gasteiger partial charge in [-0.25, -0.2) is 13.8 Å². The summed E-state index contributed by atoms with van der Waals surface area (Å²) in [6, 6.07) is 9.82. The van der Waals surface area contributed by atoms with E-state index in [2.05, 4.69) is 15.6 Å². The van der Waals surface area contributed by atoms with Gasteiger partial charge in [0.25, 0.3) is 5.92 Å². The first kappa shape index (κ1) is 25.9. The number of amides is 1. The van der Waals surface area contributed by atoms with Crippen molar-refractivity contribution in [2.45, 2.75) is 38.3 Å². The summed E-state index contributed by atoms with van der Waals surface area (Å²) in [4.78, 5) is 16.4. The number of alkyl halides is 2. The number of pyridine rings is 1. The fourth-order valence-corrected chi connectivity index (χ4v) is 2.83. The van der Waals surface area contributed by atoms with Crippen LogP contribution in [0.3, 0.4) is 0 Å². The second kappa shape index (κ2) is 11.9. The molecule has 0 spiro atoms. The number of hydrogen-bond acceptors (Lipinski definition) is 5. The number of rotatable bonds is 8. The summed E-state index contributed by atoms with van der Waals surface area (Å²) in [6.45, 7) is 2.20. The molecule has 6 nitrogen and oxygen atoms in total. The molecule has 1 unspecified atom stereocenters. The fourth-order valence-electron chi connectivity index (χ4n) is 2.83. The van der Waals surface area contributed by atoms with Crippen molar-refractivity contribution in [3.8, 4) is 17.4 Å². The highest BCUT2D eigenvalue weighted by molar-refractivity contribution is 5.85. The Morgan fingerprint density at radius 3 is 2.63 bits per heavy atom. The predicted molar refractivity (Wildman–Crippen MR) is 114 cm³/mol. The van der Waals surface area contributed by atoms with Gasteiger partial charge in [0.05, 0.1) is 19.2 Å². The number of halogens is 4. The lowest BCUT2D eigenvalue weighted by Gasteiger charge is -2.15. The van der Waals surface area contributed by atoms with Crippen molar-refractivity contribution in [2.75, 3.05) is 13.2 Å². The predicted octanol–water partition coefficient (Wildman–Crippen LogP) is 4.12. The Labute approximate surface area is 186 Å². The molecule has 1 fully saturated rings. The summed E-state index contributed by atoms with van der Waals surface area (Å²) in [6.07, 6.45) is 1.94. The summed E-state index contributed by atoms with van der Waals surface area (Å²) in [5.74, 6) is -1.90. The van der Waals surface area contributed by atoms with Crippen molar-refractivity contribution in [3.05, 3.63) is 48.2 Å². The first-order chi connectivity index (χ1) is 13.5. The number of hydrogen-bond donors (Lipinski definition) is 2. The molecule has 0 bridgehead atoms. The van der Waals surface area contributed by atoms with E-state index < -0.39 is 30.8 Å². The number of ether oxygens (including phenoxy) is 2. The first-order valence-corrected chi connectivity index (χ1v) is 9.21. The van der Waals surface area contributed by atoms with Gasteiger partial charge in [-0.15, -0.1) is 24.8 Å². The molecule has 1 aromatic carbocycles. The molecule has 2 N–H and O–H groups in total. The molecule has 1 aliphatic rings. The third-order valence-electron chi connectivity index (χ3n) is 4.25. The molecule has 2 heterocycles. The van der Waals surface area contributed by atoms with Gasteiger partial charge in [0.1, 0.15) is 0 Å². The van der Waals surface area contributed by atoms with Crippen molar-refractivity contribution in [1.29, 1.82) is 0 Å². The molecule has 10 heteroatoms. The number of nitrogens with one attached hydrogen (secondary N) is 2. The van der Waals surface area contributed by atoms with Crippen molar-refractivity contribution in [1.82, 2.24) is 15.6 Å². The number of para-hydroxylation sites is 2. The zero-order valence-corrected chi connectivity index (χ0v) is 18.0. The molecular weight excluding hydrogens is 439 g/mol. The van der Waals surface area contributed by atoms with Crippen molar-refractivity contribution in [3.63, 3.8) is 0 Å². The average molecular weight is 464 g/mol. The van der Waals surface area contributed by atoms with E-state index in [0.717, 1.165) is 6.42 Å². The number of aromatic nitrogens is 1. The summed E-state index contributed by atoms with van der Waals surface area (Å²) in [5, 5.41) is 5.21. The quantitative estimate of drug-likeness (QED) is 0.615. The minimum Gasteiger partial charge on any atom is -0.490 e. The highest BCUT2D eigenvalue weighted by Crippen LogP contribution is 2.32. The Balaban J connectivity index is 0.00000225. The highest BCUT2D eigenvalue weighted by atomic mass is 35.5. The first-order valence-electron chi connectivity index (χ1n) is 9.21. The number of benzene rings is 1. The Bertz CT molecular complexity index is 827. The number of carbonyl (C=O) groups is 1. The van der Waals surface area contributed by atoms with E-state index in [0.29, 0.717) is 29.5 Å². The summed E-state index contributed by atoms with van der Waals surface area (Å²) in [7, 11) is 0. The molecule has 1 aliphatic heterocycles. The molecule has 30 heavy (non-hydrogen) atoms. The third-order valence-corrected chi connectivity index (χ3v) is 4.25. The maximum Gasteiger partial charge on any atom is 0.262 e. The Hall–Kier alpha value is -2.16. The van der Waals surface area contributed by atoms with Gasteiger partial charge < -0.3 is 14.8 Å². The molecular formula is C20H25Cl2F2N3O3. The standard InChI is InChI=1S/C20H23F2N3O3.2ClH/c1-2-10-27-16-7-3-4-8-17(16)28-19-14(6-5-9-23-19)12-24-18(26)15-11-20(21,22)13-25-15;;/h3-9,15,25H,2,10-13H2,1H3,(H,24,26);2*1H. The summed E-state index contributed by atoms with van der Waals surface area (Å²) < 4.78 is 38.1. The van der Waals surface area contributed by atoms with Gasteiger partial charge in [0.15, 0.2) is 11.5 Å². The molecule has 3 rings (SSSR count). The molecule has 1 saturated heterocycles. The Kier molecular flexibility index (Phi) is 10.2. The van der Waals surface area contributed by atoms with Gasteiger partial charge in [-0.3, -0.25) is 10.1 Å². The van der Waals surface area contributed by atoms with Gasteiger partial charge >= 0.3 is 0 Å². The molecule has 1 atom stereocenters. The van der Waals surface area contributed by atoms with Crippen LogP contribution >= 0.6 is 24.8 Å². The highest BCUT2D eigenvalue weighted by Gasteiger charge is 2.42. The van der Waals surface area contributed by atoms with Crippen molar-refractivity contribution in [2.24, 2.45) is 0 Å². The van der Waals surface area contributed by atoms with Crippen LogP contribution in [0.15, 0.2) is 42.6 Å². The lowest BCUT2D eigenvalue weighted by Crippen LogP contribution is -2.40. The summed E-state index contributed by atoms with van der Waals surface area (Å²) >= 11 is 0. The van der Waals surface area contributed by atoms with Crippen LogP contribution in [-0.2, 0) is 11.3 Å². The largest absolute Gasteiger partial charge is 0.490 e. The lowest BCUT2D eigenvalue weighted by atomic mass is 10.2. The minimum atomic E-state index is -2.85. The van der Waals surface area contributed by atoms with Crippen LogP contribution < -0.4 is 20.1 Å². The van der Waals surface area contributed by atoms with E-state index in [1.807, 2.05) is 19.1 Å². The molecule has 166 valence electrons. The van der Waals surface area contributed by atoms with Crippen molar-refractivity contribution >= 4 is 30.7 Å². The van der Waals surface area contributed by atoms with E-state index in [-0.39, 0.29) is 31.4 Å². The van der Waals surface area contributed by atoms with E-state index in [1.54, 1.807) is 30.5 Å². The van der Waals surface area contributed by atoms with Gasteiger partial charge in [0.2, 0.25) is 11.8 Å². The molecule has 0 aliphatic carbocycles. The fraction of sp³-hybridized carbons (Fsp3) is 0.400. The van der Waals surface area contributed by atoms with Crippen LogP contribution in [0.4, 0.5) is 8.78 Å². The SMILES string of the molecule is CCCOc1ccccc1Oc1ncccc1CNC(=O)C1CC(F)(F)CN1.Cl.Cl. The Morgan fingerprint density at radius 2 is 1.97 bits per heavy atom.